The summed E-state index contributed by atoms with van der Waals surface area (Å²) in [6, 6.07) is 3.92. The Kier molecular flexibility index (Phi) is 7.13. The molecule has 1 heterocycles. The van der Waals surface area contributed by atoms with E-state index in [9.17, 15) is 41.3 Å². The van der Waals surface area contributed by atoms with E-state index in [4.69, 9.17) is 0 Å². The van der Waals surface area contributed by atoms with Gasteiger partial charge >= 0.3 is 6.18 Å². The summed E-state index contributed by atoms with van der Waals surface area (Å²) in [7, 11) is -4.44. The molecular weight excluding hydrogens is 467 g/mol. The van der Waals surface area contributed by atoms with Gasteiger partial charge in [-0.05, 0) is 18.1 Å². The third kappa shape index (κ3) is 5.35. The topological polar surface area (TPSA) is 118 Å². The number of carbonyl (C=O) groups excluding carboxylic acids is 2. The molecule has 9 nitrogen and oxygen atoms in total. The van der Waals surface area contributed by atoms with Gasteiger partial charge in [0.15, 0.2) is 0 Å². The van der Waals surface area contributed by atoms with Gasteiger partial charge in [0.1, 0.15) is 5.78 Å². The first kappa shape index (κ1) is 25.1. The molecule has 1 amide bonds. The predicted octanol–water partition coefficient (Wildman–Crippen LogP) is 2.05. The van der Waals surface area contributed by atoms with Gasteiger partial charge in [-0.2, -0.15) is 17.5 Å². The predicted molar refractivity (Wildman–Crippen MR) is 109 cm³/mol. The molecule has 0 radical (unpaired) electrons. The first-order valence-electron chi connectivity index (χ1n) is 10.4. The zero-order valence-corrected chi connectivity index (χ0v) is 18.6. The third-order valence-corrected chi connectivity index (χ3v) is 8.30. The zero-order chi connectivity index (χ0) is 24.6. The van der Waals surface area contributed by atoms with Gasteiger partial charge < -0.3 is 4.90 Å². The average molecular weight is 491 g/mol. The summed E-state index contributed by atoms with van der Waals surface area (Å²) in [6.07, 6.45) is -4.88. The Balaban J connectivity index is 1.67. The summed E-state index contributed by atoms with van der Waals surface area (Å²) in [4.78, 5) is 36.0. The van der Waals surface area contributed by atoms with E-state index >= 15 is 0 Å². The Morgan fingerprint density at radius 1 is 1.18 bits per heavy atom. The van der Waals surface area contributed by atoms with Crippen LogP contribution >= 0.6 is 0 Å². The number of hydrogen-bond donors (Lipinski definition) is 0. The Morgan fingerprint density at radius 2 is 1.79 bits per heavy atom. The summed E-state index contributed by atoms with van der Waals surface area (Å²) < 4.78 is 66.4. The van der Waals surface area contributed by atoms with Gasteiger partial charge in [0.2, 0.25) is 22.5 Å². The van der Waals surface area contributed by atoms with Crippen LogP contribution in [0.2, 0.25) is 0 Å². The first-order valence-corrected chi connectivity index (χ1v) is 11.8. The quantitative estimate of drug-likeness (QED) is 0.444. The fourth-order valence-electron chi connectivity index (χ4n) is 4.56. The summed E-state index contributed by atoms with van der Waals surface area (Å²) >= 11 is 0. The summed E-state index contributed by atoms with van der Waals surface area (Å²) in [5.74, 6) is -2.15. The number of piperazine rings is 1. The van der Waals surface area contributed by atoms with E-state index in [1.165, 1.54) is 11.0 Å². The number of carbonyl (C=O) groups is 2. The minimum absolute atomic E-state index is 0.0530. The van der Waals surface area contributed by atoms with Crippen LogP contribution in [0.1, 0.15) is 25.3 Å². The zero-order valence-electron chi connectivity index (χ0n) is 17.8. The number of nitrogens with zero attached hydrogens (tertiary/aromatic N) is 3. The third-order valence-electron chi connectivity index (χ3n) is 6.34. The molecular formula is C20H24F3N3O6S. The average Bonchev–Trinajstić information content (AvgIpc) is 2.99. The van der Waals surface area contributed by atoms with Crippen LogP contribution in [0.3, 0.4) is 0 Å². The van der Waals surface area contributed by atoms with Gasteiger partial charge in [0.25, 0.3) is 0 Å². The molecule has 1 aromatic rings. The number of sulfonamides is 1. The van der Waals surface area contributed by atoms with Crippen LogP contribution in [0, 0.1) is 27.9 Å². The van der Waals surface area contributed by atoms with E-state index in [-0.39, 0.29) is 50.7 Å². The Labute approximate surface area is 188 Å². The van der Waals surface area contributed by atoms with Gasteiger partial charge in [-0.1, -0.05) is 19.1 Å². The maximum absolute atomic E-state index is 13.3. The highest BCUT2D eigenvalue weighted by atomic mass is 32.2. The van der Waals surface area contributed by atoms with Crippen LogP contribution in [-0.4, -0.2) is 67.0 Å². The fourth-order valence-corrected chi connectivity index (χ4v) is 6.19. The second kappa shape index (κ2) is 9.37. The lowest BCUT2D eigenvalue weighted by atomic mass is 9.87. The Bertz CT molecular complexity index is 1040. The number of benzene rings is 1. The molecule has 2 aliphatic rings. The van der Waals surface area contributed by atoms with E-state index < -0.39 is 55.9 Å². The summed E-state index contributed by atoms with van der Waals surface area (Å²) in [6.45, 7) is 0.820. The molecule has 0 N–H and O–H groups in total. The monoisotopic (exact) mass is 491 g/mol. The first-order chi connectivity index (χ1) is 15.3. The van der Waals surface area contributed by atoms with Crippen molar-refractivity contribution in [1.29, 1.82) is 0 Å². The van der Waals surface area contributed by atoms with Crippen LogP contribution < -0.4 is 0 Å². The largest absolute Gasteiger partial charge is 0.417 e. The van der Waals surface area contributed by atoms with Gasteiger partial charge in [0, 0.05) is 55.8 Å². The molecule has 0 unspecified atom stereocenters. The van der Waals surface area contributed by atoms with Crippen molar-refractivity contribution in [3.05, 3.63) is 39.9 Å². The second-order valence-electron chi connectivity index (χ2n) is 8.42. The molecule has 1 saturated heterocycles. The molecule has 0 spiro atoms. The molecule has 1 aliphatic heterocycles. The molecule has 3 rings (SSSR count). The number of rotatable bonds is 6. The number of ketones is 1. The molecule has 182 valence electrons. The lowest BCUT2D eigenvalue weighted by Crippen LogP contribution is -2.51. The van der Waals surface area contributed by atoms with E-state index in [2.05, 4.69) is 0 Å². The van der Waals surface area contributed by atoms with Crippen molar-refractivity contribution in [1.82, 2.24) is 9.21 Å². The molecule has 13 heteroatoms. The SMILES string of the molecule is C[C@@H]1CC(=O)[C@H](CC(=O)N2CCN(S(=O)(=O)c3ccccc3C(F)(F)F)CC2)[C@@H]1C[N+](=O)[O-]. The fraction of sp³-hybridized carbons (Fsp3) is 0.600. The van der Waals surface area contributed by atoms with Crippen molar-refractivity contribution in [2.24, 2.45) is 17.8 Å². The standard InChI is InChI=1S/C20H24F3N3O6S/c1-13-10-17(27)14(15(13)12-26(29)30)11-19(28)24-6-8-25(9-7-24)33(31,32)18-5-3-2-4-16(18)20(21,22)23/h2-5,13-15H,6-12H2,1H3/t13-,14-,15-/m1/s1. The number of nitro groups is 1. The minimum atomic E-state index is -4.84. The van der Waals surface area contributed by atoms with Crippen molar-refractivity contribution in [3.8, 4) is 0 Å². The highest BCUT2D eigenvalue weighted by Crippen LogP contribution is 2.37. The minimum Gasteiger partial charge on any atom is -0.340 e. The molecule has 3 atom stereocenters. The van der Waals surface area contributed by atoms with E-state index in [1.807, 2.05) is 0 Å². The highest BCUT2D eigenvalue weighted by Gasteiger charge is 2.45. The van der Waals surface area contributed by atoms with Gasteiger partial charge in [0.05, 0.1) is 10.5 Å². The Morgan fingerprint density at radius 3 is 2.36 bits per heavy atom. The molecule has 1 aliphatic carbocycles. The summed E-state index contributed by atoms with van der Waals surface area (Å²) in [5.41, 5.74) is -1.26. The maximum Gasteiger partial charge on any atom is 0.417 e. The normalized spacial score (nSPS) is 24.8. The molecule has 1 saturated carbocycles. The number of amides is 1. The van der Waals surface area contributed by atoms with Crippen LogP contribution in [0.15, 0.2) is 29.2 Å². The van der Waals surface area contributed by atoms with E-state index in [0.29, 0.717) is 6.07 Å². The van der Waals surface area contributed by atoms with Crippen LogP contribution in [0.5, 0.6) is 0 Å². The van der Waals surface area contributed by atoms with Crippen LogP contribution in [0.4, 0.5) is 13.2 Å². The van der Waals surface area contributed by atoms with Crippen molar-refractivity contribution in [2.75, 3.05) is 32.7 Å². The summed E-state index contributed by atoms with van der Waals surface area (Å²) in [5, 5.41) is 10.9. The number of halogens is 3. The molecule has 2 fully saturated rings. The van der Waals surface area contributed by atoms with Gasteiger partial charge in [-0.3, -0.25) is 19.7 Å². The molecule has 33 heavy (non-hydrogen) atoms. The molecule has 0 aromatic heterocycles. The molecule has 1 aromatic carbocycles. The van der Waals surface area contributed by atoms with E-state index in [1.54, 1.807) is 6.92 Å². The lowest BCUT2D eigenvalue weighted by molar-refractivity contribution is -0.490. The number of Topliss-reactive ketones (excluding diaryl/α,β-unsaturated/α-hetero) is 1. The smallest absolute Gasteiger partial charge is 0.340 e. The molecule has 0 bridgehead atoms. The Hall–Kier alpha value is -2.54. The lowest BCUT2D eigenvalue weighted by Gasteiger charge is -2.35. The van der Waals surface area contributed by atoms with Gasteiger partial charge in [-0.15, -0.1) is 0 Å². The highest BCUT2D eigenvalue weighted by molar-refractivity contribution is 7.89. The number of hydrogen-bond acceptors (Lipinski definition) is 6. The van der Waals surface area contributed by atoms with Crippen molar-refractivity contribution in [2.45, 2.75) is 30.8 Å². The van der Waals surface area contributed by atoms with Gasteiger partial charge in [-0.25, -0.2) is 8.42 Å². The van der Waals surface area contributed by atoms with Crippen molar-refractivity contribution < 1.29 is 36.1 Å². The van der Waals surface area contributed by atoms with Crippen LogP contribution in [-0.2, 0) is 25.8 Å². The maximum atomic E-state index is 13.3. The van der Waals surface area contributed by atoms with E-state index in [0.717, 1.165) is 16.4 Å². The number of alkyl halides is 3. The van der Waals surface area contributed by atoms with Crippen molar-refractivity contribution >= 4 is 21.7 Å². The van der Waals surface area contributed by atoms with Crippen molar-refractivity contribution in [3.63, 3.8) is 0 Å². The van der Waals surface area contributed by atoms with Crippen LogP contribution in [0.25, 0.3) is 0 Å². The second-order valence-corrected chi connectivity index (χ2v) is 10.3.